The lowest BCUT2D eigenvalue weighted by Gasteiger charge is -2.35. The summed E-state index contributed by atoms with van der Waals surface area (Å²) in [7, 11) is 3.33. The second kappa shape index (κ2) is 10.7. The van der Waals surface area contributed by atoms with Crippen LogP contribution in [0.4, 0.5) is 5.69 Å². The van der Waals surface area contributed by atoms with Gasteiger partial charge in [-0.15, -0.1) is 0 Å². The van der Waals surface area contributed by atoms with Crippen molar-refractivity contribution in [3.63, 3.8) is 0 Å². The Morgan fingerprint density at radius 1 is 1.09 bits per heavy atom. The van der Waals surface area contributed by atoms with E-state index in [1.165, 1.54) is 0 Å². The highest BCUT2D eigenvalue weighted by atomic mass is 16.5. The van der Waals surface area contributed by atoms with Crippen molar-refractivity contribution >= 4 is 11.7 Å². The summed E-state index contributed by atoms with van der Waals surface area (Å²) in [5.41, 5.74) is 4.04. The molecule has 2 aliphatic heterocycles. The quantitative estimate of drug-likeness (QED) is 0.551. The summed E-state index contributed by atoms with van der Waals surface area (Å²) >= 11 is 0. The lowest BCUT2D eigenvalue weighted by molar-refractivity contribution is -0.145. The van der Waals surface area contributed by atoms with Crippen molar-refractivity contribution in [2.24, 2.45) is 5.92 Å². The van der Waals surface area contributed by atoms with Gasteiger partial charge < -0.3 is 29.4 Å². The number of aryl methyl sites for hydroxylation is 1. The van der Waals surface area contributed by atoms with Gasteiger partial charge in [0.2, 0.25) is 0 Å². The van der Waals surface area contributed by atoms with Gasteiger partial charge in [-0.3, -0.25) is 0 Å². The van der Waals surface area contributed by atoms with E-state index in [2.05, 4.69) is 17.4 Å². The molecule has 0 aromatic heterocycles. The lowest BCUT2D eigenvalue weighted by atomic mass is 9.88. The first-order valence-corrected chi connectivity index (χ1v) is 12.0. The molecule has 2 aliphatic rings. The van der Waals surface area contributed by atoms with Gasteiger partial charge in [0.05, 0.1) is 14.2 Å². The minimum atomic E-state index is -1.01. The summed E-state index contributed by atoms with van der Waals surface area (Å²) in [5, 5.41) is 13.3. The molecule has 2 fully saturated rings. The molecule has 0 radical (unpaired) electrons. The minimum absolute atomic E-state index is 0.436. The molecule has 4 rings (SSSR count). The van der Waals surface area contributed by atoms with Gasteiger partial charge in [-0.05, 0) is 73.1 Å². The van der Waals surface area contributed by atoms with Crippen LogP contribution in [0.15, 0.2) is 30.3 Å². The predicted octanol–water partition coefficient (Wildman–Crippen LogP) is 4.69. The fourth-order valence-electron chi connectivity index (χ4n) is 4.96. The highest BCUT2D eigenvalue weighted by Gasteiger charge is 2.40. The first-order valence-electron chi connectivity index (χ1n) is 12.0. The van der Waals surface area contributed by atoms with E-state index in [1.807, 2.05) is 25.1 Å². The number of carbonyl (C=O) groups is 1. The van der Waals surface area contributed by atoms with E-state index >= 15 is 0 Å². The SMILES string of the molecule is COc1cc(-c2ccc(NC3(C(=O)O)CCOCC3)cc2CC[C@@H]2CCOC2)cc(OC)c1C. The van der Waals surface area contributed by atoms with Crippen LogP contribution in [0.25, 0.3) is 11.1 Å². The molecule has 2 aromatic carbocycles. The smallest absolute Gasteiger partial charge is 0.329 e. The molecule has 1 atom stereocenters. The maximum Gasteiger partial charge on any atom is 0.329 e. The van der Waals surface area contributed by atoms with E-state index in [0.29, 0.717) is 32.0 Å². The van der Waals surface area contributed by atoms with Gasteiger partial charge in [0.15, 0.2) is 0 Å². The molecule has 0 aliphatic carbocycles. The largest absolute Gasteiger partial charge is 0.496 e. The fraction of sp³-hybridized carbons (Fsp3) is 0.519. The van der Waals surface area contributed by atoms with Crippen LogP contribution in [-0.2, 0) is 20.7 Å². The van der Waals surface area contributed by atoms with Gasteiger partial charge >= 0.3 is 5.97 Å². The average molecular weight is 470 g/mol. The molecule has 0 spiro atoms. The second-order valence-electron chi connectivity index (χ2n) is 9.27. The van der Waals surface area contributed by atoms with Gasteiger partial charge in [0.25, 0.3) is 0 Å². The molecule has 0 bridgehead atoms. The number of ether oxygens (including phenoxy) is 4. The van der Waals surface area contributed by atoms with E-state index in [0.717, 1.165) is 71.9 Å². The number of rotatable bonds is 9. The van der Waals surface area contributed by atoms with E-state index < -0.39 is 11.5 Å². The maximum atomic E-state index is 12.2. The van der Waals surface area contributed by atoms with Crippen LogP contribution in [0.2, 0.25) is 0 Å². The van der Waals surface area contributed by atoms with E-state index in [-0.39, 0.29) is 0 Å². The third kappa shape index (κ3) is 5.15. The molecule has 7 heteroatoms. The monoisotopic (exact) mass is 469 g/mol. The van der Waals surface area contributed by atoms with E-state index in [4.69, 9.17) is 18.9 Å². The Balaban J connectivity index is 1.70. The van der Waals surface area contributed by atoms with Crippen molar-refractivity contribution < 1.29 is 28.8 Å². The highest BCUT2D eigenvalue weighted by molar-refractivity contribution is 5.83. The van der Waals surface area contributed by atoms with Crippen molar-refractivity contribution in [1.29, 1.82) is 0 Å². The highest BCUT2D eigenvalue weighted by Crippen LogP contribution is 2.38. The van der Waals surface area contributed by atoms with Crippen LogP contribution >= 0.6 is 0 Å². The van der Waals surface area contributed by atoms with Gasteiger partial charge in [0, 0.05) is 50.5 Å². The fourth-order valence-corrected chi connectivity index (χ4v) is 4.96. The zero-order chi connectivity index (χ0) is 24.1. The Labute approximate surface area is 201 Å². The number of aliphatic carboxylic acids is 1. The molecule has 2 saturated heterocycles. The van der Waals surface area contributed by atoms with Gasteiger partial charge in [-0.25, -0.2) is 4.79 Å². The first kappa shape index (κ1) is 24.4. The number of nitrogens with one attached hydrogen (secondary N) is 1. The van der Waals surface area contributed by atoms with Crippen LogP contribution < -0.4 is 14.8 Å². The van der Waals surface area contributed by atoms with E-state index in [1.54, 1.807) is 14.2 Å². The van der Waals surface area contributed by atoms with Crippen LogP contribution in [0.5, 0.6) is 11.5 Å². The third-order valence-electron chi connectivity index (χ3n) is 7.15. The Kier molecular flexibility index (Phi) is 7.63. The number of anilines is 1. The predicted molar refractivity (Wildman–Crippen MR) is 131 cm³/mol. The summed E-state index contributed by atoms with van der Waals surface area (Å²) < 4.78 is 22.2. The van der Waals surface area contributed by atoms with Crippen molar-refractivity contribution in [2.45, 2.75) is 44.6 Å². The molecule has 0 unspecified atom stereocenters. The van der Waals surface area contributed by atoms with Gasteiger partial charge in [0.1, 0.15) is 17.0 Å². The molecule has 0 amide bonds. The number of hydrogen-bond donors (Lipinski definition) is 2. The minimum Gasteiger partial charge on any atom is -0.496 e. The third-order valence-corrected chi connectivity index (χ3v) is 7.15. The van der Waals surface area contributed by atoms with E-state index in [9.17, 15) is 9.90 Å². The molecule has 7 nitrogen and oxygen atoms in total. The van der Waals surface area contributed by atoms with Crippen LogP contribution in [0.3, 0.4) is 0 Å². The zero-order valence-electron chi connectivity index (χ0n) is 20.3. The van der Waals surface area contributed by atoms with Crippen LogP contribution in [-0.4, -0.2) is 57.3 Å². The average Bonchev–Trinajstić information content (AvgIpc) is 3.37. The standard InChI is InChI=1S/C27H35NO6/c1-18-24(31-2)15-21(16-25(18)32-3)23-7-6-22(14-20(23)5-4-19-8-11-34-17-19)28-27(26(29)30)9-12-33-13-10-27/h6-7,14-16,19,28H,4-5,8-13,17H2,1-3H3,(H,29,30)/t19-/m1/s1. The molecule has 0 saturated carbocycles. The van der Waals surface area contributed by atoms with Gasteiger partial charge in [-0.1, -0.05) is 6.07 Å². The van der Waals surface area contributed by atoms with Crippen LogP contribution in [0.1, 0.15) is 36.8 Å². The summed E-state index contributed by atoms with van der Waals surface area (Å²) in [6.07, 6.45) is 3.85. The molecule has 2 N–H and O–H groups in total. The topological polar surface area (TPSA) is 86.3 Å². The van der Waals surface area contributed by atoms with Crippen molar-refractivity contribution in [2.75, 3.05) is 46.0 Å². The van der Waals surface area contributed by atoms with Crippen LogP contribution in [0, 0.1) is 12.8 Å². The molecular formula is C27H35NO6. The maximum absolute atomic E-state index is 12.2. The Bertz CT molecular complexity index is 983. The lowest BCUT2D eigenvalue weighted by Crippen LogP contribution is -2.50. The summed E-state index contributed by atoms with van der Waals surface area (Å²) in [6.45, 7) is 4.49. The second-order valence-corrected chi connectivity index (χ2v) is 9.27. The summed E-state index contributed by atoms with van der Waals surface area (Å²) in [6, 6.07) is 10.2. The Morgan fingerprint density at radius 3 is 2.38 bits per heavy atom. The van der Waals surface area contributed by atoms with Crippen molar-refractivity contribution in [3.8, 4) is 22.6 Å². The van der Waals surface area contributed by atoms with Gasteiger partial charge in [-0.2, -0.15) is 0 Å². The number of benzene rings is 2. The number of hydrogen-bond acceptors (Lipinski definition) is 6. The molecule has 2 aromatic rings. The van der Waals surface area contributed by atoms with Crippen molar-refractivity contribution in [3.05, 3.63) is 41.5 Å². The molecule has 34 heavy (non-hydrogen) atoms. The number of methoxy groups -OCH3 is 2. The summed E-state index contributed by atoms with van der Waals surface area (Å²) in [5.74, 6) is 1.27. The molecule has 2 heterocycles. The Hall–Kier alpha value is -2.77. The van der Waals surface area contributed by atoms with Crippen molar-refractivity contribution in [1.82, 2.24) is 0 Å². The molecule has 184 valence electrons. The number of carboxylic acid groups (broad SMARTS) is 1. The zero-order valence-corrected chi connectivity index (χ0v) is 20.3. The first-order chi connectivity index (χ1) is 16.5. The number of carboxylic acids is 1. The molecular weight excluding hydrogens is 434 g/mol. The summed E-state index contributed by atoms with van der Waals surface area (Å²) in [4.78, 5) is 12.2. The Morgan fingerprint density at radius 2 is 1.79 bits per heavy atom. The normalized spacial score (nSPS) is 19.6.